The summed E-state index contributed by atoms with van der Waals surface area (Å²) in [6.45, 7) is 2.35. The Bertz CT molecular complexity index is 201. The highest BCUT2D eigenvalue weighted by molar-refractivity contribution is 8.00. The largest absolute Gasteiger partial charge is 0.465 e. The number of carbonyl (C=O) groups is 1. The molecule has 0 fully saturated rings. The van der Waals surface area contributed by atoms with Crippen molar-refractivity contribution in [2.45, 2.75) is 37.9 Å². The van der Waals surface area contributed by atoms with Gasteiger partial charge in [0.1, 0.15) is 5.25 Å². The second kappa shape index (κ2) is 6.93. The van der Waals surface area contributed by atoms with Gasteiger partial charge >= 0.3 is 5.97 Å². The first-order chi connectivity index (χ1) is 6.84. The Morgan fingerprint density at radius 2 is 2.29 bits per heavy atom. The van der Waals surface area contributed by atoms with Crippen LogP contribution >= 0.6 is 11.8 Å². The summed E-state index contributed by atoms with van der Waals surface area (Å²) in [7, 11) is 0. The SMILES string of the molecule is CCOC(=O)C1CC/C=C\CCCS1. The lowest BCUT2D eigenvalue weighted by molar-refractivity contribution is -0.142. The molecule has 0 spiro atoms. The van der Waals surface area contributed by atoms with E-state index in [2.05, 4.69) is 12.2 Å². The predicted molar refractivity (Wildman–Crippen MR) is 60.5 cm³/mol. The molecule has 14 heavy (non-hydrogen) atoms. The lowest BCUT2D eigenvalue weighted by Crippen LogP contribution is -2.20. The number of carbonyl (C=O) groups excluding carboxylic acids is 1. The minimum Gasteiger partial charge on any atom is -0.465 e. The van der Waals surface area contributed by atoms with Gasteiger partial charge in [-0.05, 0) is 38.4 Å². The summed E-state index contributed by atoms with van der Waals surface area (Å²) in [5.41, 5.74) is 0. The molecule has 0 aromatic rings. The minimum absolute atomic E-state index is 0.0344. The van der Waals surface area contributed by atoms with Crippen LogP contribution in [0.25, 0.3) is 0 Å². The molecular formula is C11H18O2S. The third-order valence-electron chi connectivity index (χ3n) is 2.15. The highest BCUT2D eigenvalue weighted by atomic mass is 32.2. The Morgan fingerprint density at radius 3 is 3.07 bits per heavy atom. The van der Waals surface area contributed by atoms with E-state index in [0.717, 1.165) is 31.4 Å². The normalized spacial score (nSPS) is 25.6. The molecule has 1 heterocycles. The van der Waals surface area contributed by atoms with Crippen molar-refractivity contribution in [1.29, 1.82) is 0 Å². The third kappa shape index (κ3) is 4.18. The van der Waals surface area contributed by atoms with Crippen molar-refractivity contribution in [1.82, 2.24) is 0 Å². The summed E-state index contributed by atoms with van der Waals surface area (Å²) in [5, 5.41) is 0.0534. The van der Waals surface area contributed by atoms with Gasteiger partial charge in [-0.25, -0.2) is 0 Å². The van der Waals surface area contributed by atoms with Crippen LogP contribution in [0.1, 0.15) is 32.6 Å². The van der Waals surface area contributed by atoms with Gasteiger partial charge in [-0.3, -0.25) is 4.79 Å². The zero-order valence-electron chi connectivity index (χ0n) is 8.70. The molecule has 0 bridgehead atoms. The van der Waals surface area contributed by atoms with Gasteiger partial charge in [-0.2, -0.15) is 0 Å². The maximum Gasteiger partial charge on any atom is 0.319 e. The monoisotopic (exact) mass is 214 g/mol. The van der Waals surface area contributed by atoms with Crippen LogP contribution in [-0.2, 0) is 9.53 Å². The predicted octanol–water partition coefficient (Wildman–Crippen LogP) is 2.78. The molecule has 1 aliphatic heterocycles. The number of thioether (sulfide) groups is 1. The molecule has 0 aromatic carbocycles. The Labute approximate surface area is 90.1 Å². The van der Waals surface area contributed by atoms with Crippen molar-refractivity contribution in [3.05, 3.63) is 12.2 Å². The van der Waals surface area contributed by atoms with Gasteiger partial charge in [0.15, 0.2) is 0 Å². The Hall–Kier alpha value is -0.440. The molecule has 0 radical (unpaired) electrons. The zero-order valence-corrected chi connectivity index (χ0v) is 9.52. The Kier molecular flexibility index (Phi) is 5.76. The number of rotatable bonds is 2. The molecule has 1 atom stereocenters. The molecule has 0 saturated carbocycles. The Morgan fingerprint density at radius 1 is 1.50 bits per heavy atom. The molecule has 1 unspecified atom stereocenters. The van der Waals surface area contributed by atoms with Gasteiger partial charge in [-0.15, -0.1) is 11.8 Å². The summed E-state index contributed by atoms with van der Waals surface area (Å²) in [4.78, 5) is 11.5. The highest BCUT2D eigenvalue weighted by Crippen LogP contribution is 2.21. The van der Waals surface area contributed by atoms with Gasteiger partial charge in [0.2, 0.25) is 0 Å². The van der Waals surface area contributed by atoms with E-state index in [9.17, 15) is 4.79 Å². The van der Waals surface area contributed by atoms with Crippen molar-refractivity contribution < 1.29 is 9.53 Å². The minimum atomic E-state index is -0.0344. The molecule has 0 saturated heterocycles. The van der Waals surface area contributed by atoms with Crippen LogP contribution in [0.2, 0.25) is 0 Å². The van der Waals surface area contributed by atoms with E-state index in [1.807, 2.05) is 6.92 Å². The lowest BCUT2D eigenvalue weighted by Gasteiger charge is -2.13. The first kappa shape index (κ1) is 11.6. The van der Waals surface area contributed by atoms with E-state index in [4.69, 9.17) is 4.74 Å². The molecule has 0 N–H and O–H groups in total. The van der Waals surface area contributed by atoms with Crippen molar-refractivity contribution in [3.63, 3.8) is 0 Å². The van der Waals surface area contributed by atoms with Gasteiger partial charge in [-0.1, -0.05) is 12.2 Å². The molecule has 0 aromatic heterocycles. The molecule has 1 aliphatic rings. The zero-order chi connectivity index (χ0) is 10.2. The van der Waals surface area contributed by atoms with Crippen LogP contribution in [-0.4, -0.2) is 23.6 Å². The molecule has 1 rings (SSSR count). The molecule has 0 amide bonds. The maximum absolute atomic E-state index is 11.5. The van der Waals surface area contributed by atoms with Crippen LogP contribution in [0, 0.1) is 0 Å². The third-order valence-corrected chi connectivity index (χ3v) is 3.50. The maximum atomic E-state index is 11.5. The average Bonchev–Trinajstić information content (AvgIpc) is 2.30. The summed E-state index contributed by atoms with van der Waals surface area (Å²) in [5.74, 6) is 1.03. The summed E-state index contributed by atoms with van der Waals surface area (Å²) in [6.07, 6.45) is 8.61. The fourth-order valence-electron chi connectivity index (χ4n) is 1.41. The van der Waals surface area contributed by atoms with Crippen molar-refractivity contribution in [2.24, 2.45) is 0 Å². The van der Waals surface area contributed by atoms with Crippen LogP contribution < -0.4 is 0 Å². The second-order valence-corrected chi connectivity index (χ2v) is 4.61. The second-order valence-electron chi connectivity index (χ2n) is 3.30. The molecule has 0 aliphatic carbocycles. The molecular weight excluding hydrogens is 196 g/mol. The van der Waals surface area contributed by atoms with E-state index in [0.29, 0.717) is 6.61 Å². The number of hydrogen-bond donors (Lipinski definition) is 0. The van der Waals surface area contributed by atoms with E-state index in [1.54, 1.807) is 11.8 Å². The fourth-order valence-corrected chi connectivity index (χ4v) is 2.54. The first-order valence-electron chi connectivity index (χ1n) is 5.28. The number of esters is 1. The van der Waals surface area contributed by atoms with Crippen molar-refractivity contribution in [2.75, 3.05) is 12.4 Å². The lowest BCUT2D eigenvalue weighted by atomic mass is 10.2. The van der Waals surface area contributed by atoms with Crippen LogP contribution in [0.5, 0.6) is 0 Å². The smallest absolute Gasteiger partial charge is 0.319 e. The van der Waals surface area contributed by atoms with Crippen LogP contribution in [0.4, 0.5) is 0 Å². The summed E-state index contributed by atoms with van der Waals surface area (Å²) in [6, 6.07) is 0. The van der Waals surface area contributed by atoms with Gasteiger partial charge in [0, 0.05) is 0 Å². The van der Waals surface area contributed by atoms with Gasteiger partial charge in [0.25, 0.3) is 0 Å². The van der Waals surface area contributed by atoms with Crippen LogP contribution in [0.15, 0.2) is 12.2 Å². The summed E-state index contributed by atoms with van der Waals surface area (Å²) >= 11 is 1.74. The number of hydrogen-bond acceptors (Lipinski definition) is 3. The fraction of sp³-hybridized carbons (Fsp3) is 0.727. The van der Waals surface area contributed by atoms with Gasteiger partial charge < -0.3 is 4.74 Å². The molecule has 80 valence electrons. The Balaban J connectivity index is 2.40. The quantitative estimate of drug-likeness (QED) is 0.522. The first-order valence-corrected chi connectivity index (χ1v) is 6.32. The molecule has 2 nitrogen and oxygen atoms in total. The number of allylic oxidation sites excluding steroid dienone is 2. The summed E-state index contributed by atoms with van der Waals surface area (Å²) < 4.78 is 5.03. The van der Waals surface area contributed by atoms with E-state index in [1.165, 1.54) is 0 Å². The highest BCUT2D eigenvalue weighted by Gasteiger charge is 2.19. The van der Waals surface area contributed by atoms with Crippen LogP contribution in [0.3, 0.4) is 0 Å². The molecule has 3 heteroatoms. The topological polar surface area (TPSA) is 26.3 Å². The standard InChI is InChI=1S/C11H18O2S/c1-2-13-11(12)10-8-6-4-3-5-7-9-14-10/h3-4,10H,2,5-9H2,1H3/b4-3-. The van der Waals surface area contributed by atoms with E-state index >= 15 is 0 Å². The van der Waals surface area contributed by atoms with Crippen molar-refractivity contribution >= 4 is 17.7 Å². The number of ether oxygens (including phenoxy) is 1. The van der Waals surface area contributed by atoms with E-state index < -0.39 is 0 Å². The van der Waals surface area contributed by atoms with Gasteiger partial charge in [0.05, 0.1) is 6.61 Å². The average molecular weight is 214 g/mol. The van der Waals surface area contributed by atoms with E-state index in [-0.39, 0.29) is 11.2 Å². The van der Waals surface area contributed by atoms with Crippen molar-refractivity contribution in [3.8, 4) is 0 Å².